The van der Waals surface area contributed by atoms with Crippen molar-refractivity contribution < 1.29 is 13.2 Å². The Bertz CT molecular complexity index is 552. The molecule has 0 bridgehead atoms. The zero-order chi connectivity index (χ0) is 15.0. The molecule has 21 heavy (non-hydrogen) atoms. The van der Waals surface area contributed by atoms with Crippen molar-refractivity contribution in [2.75, 3.05) is 25.4 Å². The summed E-state index contributed by atoms with van der Waals surface area (Å²) in [5.41, 5.74) is 0.667. The molecule has 0 aliphatic carbocycles. The summed E-state index contributed by atoms with van der Waals surface area (Å²) in [7, 11) is -3.45. The summed E-state index contributed by atoms with van der Waals surface area (Å²) in [6.07, 6.45) is 0. The highest BCUT2D eigenvalue weighted by Gasteiger charge is 2.17. The Morgan fingerprint density at radius 2 is 2.00 bits per heavy atom. The third kappa shape index (κ3) is 9.08. The smallest absolute Gasteiger partial charge is 0.235 e. The van der Waals surface area contributed by atoms with Gasteiger partial charge in [-0.05, 0) is 24.2 Å². The number of carbonyl (C=O) groups is 1. The molecule has 1 amide bonds. The fourth-order valence-corrected chi connectivity index (χ4v) is 3.39. The number of likely N-dealkylation sites (N-methyl/N-ethyl adjacent to an activating group) is 1. The van der Waals surface area contributed by atoms with Crippen LogP contribution in [0.4, 0.5) is 0 Å². The fourth-order valence-electron chi connectivity index (χ4n) is 1.65. The number of carbonyl (C=O) groups excluding carboxylic acids is 1. The molecule has 0 radical (unpaired) electrons. The van der Waals surface area contributed by atoms with Crippen molar-refractivity contribution in [1.82, 2.24) is 10.6 Å². The van der Waals surface area contributed by atoms with E-state index in [4.69, 9.17) is 0 Å². The molecule has 0 aromatic heterocycles. The molecule has 0 saturated heterocycles. The molecule has 8 heteroatoms. The lowest BCUT2D eigenvalue weighted by Crippen LogP contribution is -2.35. The van der Waals surface area contributed by atoms with Gasteiger partial charge >= 0.3 is 0 Å². The van der Waals surface area contributed by atoms with Crippen molar-refractivity contribution in [2.24, 2.45) is 0 Å². The zero-order valence-corrected chi connectivity index (χ0v) is 15.0. The van der Waals surface area contributed by atoms with Crippen molar-refractivity contribution in [3.8, 4) is 0 Å². The van der Waals surface area contributed by atoms with Gasteiger partial charge in [0.2, 0.25) is 5.91 Å². The Hall–Kier alpha value is -0.630. The van der Waals surface area contributed by atoms with Gasteiger partial charge in [0.25, 0.3) is 0 Å². The molecule has 0 aliphatic rings. The molecular weight excluding hydrogens is 380 g/mol. The number of rotatable bonds is 8. The molecule has 1 aromatic rings. The molecule has 1 rings (SSSR count). The van der Waals surface area contributed by atoms with E-state index in [-0.39, 0.29) is 18.2 Å². The normalized spacial score (nSPS) is 10.8. The van der Waals surface area contributed by atoms with Crippen LogP contribution in [0.3, 0.4) is 0 Å². The molecule has 0 aliphatic heterocycles. The second-order valence-corrected chi connectivity index (χ2v) is 7.35. The molecule has 2 N–H and O–H groups in total. The highest BCUT2D eigenvalue weighted by molar-refractivity contribution is 9.10. The van der Waals surface area contributed by atoms with Crippen molar-refractivity contribution in [2.45, 2.75) is 12.7 Å². The largest absolute Gasteiger partial charge is 0.354 e. The van der Waals surface area contributed by atoms with Crippen LogP contribution in [-0.4, -0.2) is 39.7 Å². The van der Waals surface area contributed by atoms with Gasteiger partial charge in [-0.25, -0.2) is 8.42 Å². The van der Waals surface area contributed by atoms with Crippen LogP contribution < -0.4 is 10.6 Å². The maximum atomic E-state index is 11.9. The molecular formula is C13H20BrClN2O3S. The van der Waals surface area contributed by atoms with Crippen LogP contribution in [-0.2, 0) is 20.4 Å². The molecule has 0 heterocycles. The number of hydrogen-bond donors (Lipinski definition) is 2. The first kappa shape index (κ1) is 20.4. The maximum Gasteiger partial charge on any atom is 0.235 e. The average Bonchev–Trinajstić information content (AvgIpc) is 2.33. The maximum absolute atomic E-state index is 11.9. The molecule has 0 saturated carbocycles. The summed E-state index contributed by atoms with van der Waals surface area (Å²) in [6.45, 7) is 3.84. The first-order valence-corrected chi connectivity index (χ1v) is 8.96. The monoisotopic (exact) mass is 398 g/mol. The molecule has 0 spiro atoms. The van der Waals surface area contributed by atoms with Crippen LogP contribution in [0.1, 0.15) is 12.5 Å². The van der Waals surface area contributed by atoms with E-state index in [9.17, 15) is 13.2 Å². The number of nitrogens with one attached hydrogen (secondary N) is 2. The Morgan fingerprint density at radius 1 is 1.29 bits per heavy atom. The lowest BCUT2D eigenvalue weighted by Gasteiger charge is -2.07. The molecule has 0 unspecified atom stereocenters. The van der Waals surface area contributed by atoms with Crippen LogP contribution in [0, 0.1) is 0 Å². The second-order valence-electron chi connectivity index (χ2n) is 4.37. The predicted octanol–water partition coefficient (Wildman–Crippen LogP) is 1.51. The van der Waals surface area contributed by atoms with E-state index in [1.165, 1.54) is 0 Å². The Labute approximate surface area is 140 Å². The van der Waals surface area contributed by atoms with E-state index in [2.05, 4.69) is 26.6 Å². The molecule has 0 atom stereocenters. The first-order valence-electron chi connectivity index (χ1n) is 6.35. The lowest BCUT2D eigenvalue weighted by molar-refractivity contribution is -0.118. The number of benzene rings is 1. The summed E-state index contributed by atoms with van der Waals surface area (Å²) in [5, 5.41) is 5.62. The van der Waals surface area contributed by atoms with E-state index >= 15 is 0 Å². The summed E-state index contributed by atoms with van der Waals surface area (Å²) in [4.78, 5) is 11.6. The standard InChI is InChI=1S/C13H19BrN2O3S.ClH/c1-2-15-6-7-16-13(17)10-20(18,19)9-11-4-3-5-12(14)8-11;/h3-5,8,15H,2,6-7,9-10H2,1H3,(H,16,17);1H. The van der Waals surface area contributed by atoms with Gasteiger partial charge < -0.3 is 10.6 Å². The summed E-state index contributed by atoms with van der Waals surface area (Å²) in [5.74, 6) is -1.07. The first-order chi connectivity index (χ1) is 9.43. The number of amides is 1. The summed E-state index contributed by atoms with van der Waals surface area (Å²) >= 11 is 3.29. The number of halogens is 2. The van der Waals surface area contributed by atoms with Crippen molar-refractivity contribution >= 4 is 44.1 Å². The van der Waals surface area contributed by atoms with Crippen LogP contribution >= 0.6 is 28.3 Å². The van der Waals surface area contributed by atoms with Gasteiger partial charge in [0.05, 0.1) is 5.75 Å². The average molecular weight is 400 g/mol. The summed E-state index contributed by atoms with van der Waals surface area (Å²) < 4.78 is 24.7. The highest BCUT2D eigenvalue weighted by Crippen LogP contribution is 2.14. The van der Waals surface area contributed by atoms with E-state index in [1.54, 1.807) is 18.2 Å². The number of sulfone groups is 1. The van der Waals surface area contributed by atoms with Gasteiger partial charge in [0, 0.05) is 17.6 Å². The second kappa shape index (κ2) is 10.2. The minimum Gasteiger partial charge on any atom is -0.354 e. The molecule has 0 fully saturated rings. The van der Waals surface area contributed by atoms with E-state index in [0.29, 0.717) is 18.7 Å². The minimum atomic E-state index is -3.45. The predicted molar refractivity (Wildman–Crippen MR) is 90.4 cm³/mol. The van der Waals surface area contributed by atoms with Gasteiger partial charge in [0.1, 0.15) is 5.75 Å². The van der Waals surface area contributed by atoms with E-state index in [0.717, 1.165) is 11.0 Å². The highest BCUT2D eigenvalue weighted by atomic mass is 79.9. The minimum absolute atomic E-state index is 0. The van der Waals surface area contributed by atoms with Crippen molar-refractivity contribution in [1.29, 1.82) is 0 Å². The third-order valence-electron chi connectivity index (χ3n) is 2.50. The van der Waals surface area contributed by atoms with Gasteiger partial charge in [0.15, 0.2) is 9.84 Å². The van der Waals surface area contributed by atoms with Crippen molar-refractivity contribution in [3.63, 3.8) is 0 Å². The van der Waals surface area contributed by atoms with Gasteiger partial charge in [-0.2, -0.15) is 0 Å². The topological polar surface area (TPSA) is 75.3 Å². The third-order valence-corrected chi connectivity index (χ3v) is 4.47. The van der Waals surface area contributed by atoms with E-state index in [1.807, 2.05) is 13.0 Å². The Morgan fingerprint density at radius 3 is 2.62 bits per heavy atom. The number of hydrogen-bond acceptors (Lipinski definition) is 4. The van der Waals surface area contributed by atoms with E-state index < -0.39 is 21.5 Å². The molecule has 5 nitrogen and oxygen atoms in total. The molecule has 1 aromatic carbocycles. The van der Waals surface area contributed by atoms with Crippen LogP contribution in [0.5, 0.6) is 0 Å². The molecule has 120 valence electrons. The zero-order valence-electron chi connectivity index (χ0n) is 11.8. The Balaban J connectivity index is 0.00000400. The SMILES string of the molecule is CCNCCNC(=O)CS(=O)(=O)Cc1cccc(Br)c1.Cl. The van der Waals surface area contributed by atoms with Crippen LogP contribution in [0.15, 0.2) is 28.7 Å². The van der Waals surface area contributed by atoms with Crippen LogP contribution in [0.25, 0.3) is 0 Å². The van der Waals surface area contributed by atoms with Crippen LogP contribution in [0.2, 0.25) is 0 Å². The van der Waals surface area contributed by atoms with Crippen molar-refractivity contribution in [3.05, 3.63) is 34.3 Å². The fraction of sp³-hybridized carbons (Fsp3) is 0.462. The lowest BCUT2D eigenvalue weighted by atomic mass is 10.2. The Kier molecular flexibility index (Phi) is 9.85. The van der Waals surface area contributed by atoms with Gasteiger partial charge in [-0.1, -0.05) is 35.0 Å². The quantitative estimate of drug-likeness (QED) is 0.650. The van der Waals surface area contributed by atoms with Gasteiger partial charge in [-0.3, -0.25) is 4.79 Å². The summed E-state index contributed by atoms with van der Waals surface area (Å²) in [6, 6.07) is 7.06. The van der Waals surface area contributed by atoms with Gasteiger partial charge in [-0.15, -0.1) is 12.4 Å².